The molecule has 0 unspecified atom stereocenters. The predicted molar refractivity (Wildman–Crippen MR) is 88.8 cm³/mol. The zero-order valence-corrected chi connectivity index (χ0v) is 13.1. The highest BCUT2D eigenvalue weighted by atomic mass is 15.4. The summed E-state index contributed by atoms with van der Waals surface area (Å²) in [6, 6.07) is 8.17. The molecule has 0 saturated carbocycles. The highest BCUT2D eigenvalue weighted by Gasteiger charge is 2.21. The van der Waals surface area contributed by atoms with Gasteiger partial charge < -0.3 is 9.80 Å². The van der Waals surface area contributed by atoms with Crippen LogP contribution in [0.25, 0.3) is 5.78 Å². The van der Waals surface area contributed by atoms with Crippen molar-refractivity contribution < 1.29 is 0 Å². The van der Waals surface area contributed by atoms with Gasteiger partial charge in [-0.2, -0.15) is 14.6 Å². The molecule has 0 bridgehead atoms. The number of piperazine rings is 1. The minimum absolute atomic E-state index is 0.673. The van der Waals surface area contributed by atoms with Gasteiger partial charge in [-0.25, -0.2) is 9.97 Å². The molecule has 118 valence electrons. The molecule has 1 aliphatic heterocycles. The van der Waals surface area contributed by atoms with E-state index in [9.17, 15) is 0 Å². The molecule has 0 atom stereocenters. The zero-order valence-electron chi connectivity index (χ0n) is 13.1. The van der Waals surface area contributed by atoms with Crippen LogP contribution in [0.2, 0.25) is 0 Å². The second-order valence-electron chi connectivity index (χ2n) is 5.59. The van der Waals surface area contributed by atoms with Gasteiger partial charge in [0.25, 0.3) is 5.78 Å². The van der Waals surface area contributed by atoms with Gasteiger partial charge >= 0.3 is 0 Å². The van der Waals surface area contributed by atoms with Crippen molar-refractivity contribution in [3.63, 3.8) is 0 Å². The van der Waals surface area contributed by atoms with Gasteiger partial charge in [-0.05, 0) is 18.6 Å². The first-order valence-electron chi connectivity index (χ1n) is 7.96. The largest absolute Gasteiger partial charge is 0.353 e. The quantitative estimate of drug-likeness (QED) is 0.729. The standard InChI is InChI=1S/C16H19N7/c1-2-13-11-15(23-16(20-13)18-12-19-23)22-9-7-21(8-10-22)14-5-3-4-6-17-14/h3-6,11-12H,2,7-10H2,1H3. The van der Waals surface area contributed by atoms with Gasteiger partial charge in [-0.15, -0.1) is 0 Å². The molecule has 3 aromatic heterocycles. The Kier molecular flexibility index (Phi) is 3.53. The molecular weight excluding hydrogens is 290 g/mol. The third-order valence-corrected chi connectivity index (χ3v) is 4.23. The van der Waals surface area contributed by atoms with Gasteiger partial charge in [0.15, 0.2) is 0 Å². The fraction of sp³-hybridized carbons (Fsp3) is 0.375. The summed E-state index contributed by atoms with van der Waals surface area (Å²) in [5, 5.41) is 4.32. The number of aryl methyl sites for hydroxylation is 1. The Morgan fingerprint density at radius 3 is 2.61 bits per heavy atom. The summed E-state index contributed by atoms with van der Waals surface area (Å²) in [5.41, 5.74) is 1.05. The van der Waals surface area contributed by atoms with Crippen LogP contribution in [0.4, 0.5) is 11.6 Å². The summed E-state index contributed by atoms with van der Waals surface area (Å²) in [4.78, 5) is 17.9. The van der Waals surface area contributed by atoms with E-state index >= 15 is 0 Å². The van der Waals surface area contributed by atoms with Crippen molar-refractivity contribution in [2.24, 2.45) is 0 Å². The van der Waals surface area contributed by atoms with Crippen molar-refractivity contribution >= 4 is 17.4 Å². The fourth-order valence-electron chi connectivity index (χ4n) is 2.96. The summed E-state index contributed by atoms with van der Waals surface area (Å²) in [6.45, 7) is 5.85. The summed E-state index contributed by atoms with van der Waals surface area (Å²) in [5.74, 6) is 2.79. The van der Waals surface area contributed by atoms with E-state index in [-0.39, 0.29) is 0 Å². The lowest BCUT2D eigenvalue weighted by Gasteiger charge is -2.36. The van der Waals surface area contributed by atoms with Gasteiger partial charge in [0.2, 0.25) is 0 Å². The molecule has 0 spiro atoms. The SMILES string of the molecule is CCc1cc(N2CCN(c3ccccn3)CC2)n2ncnc2n1. The molecule has 7 nitrogen and oxygen atoms in total. The predicted octanol–water partition coefficient (Wildman–Crippen LogP) is 1.41. The van der Waals surface area contributed by atoms with E-state index in [1.165, 1.54) is 0 Å². The molecule has 4 heterocycles. The molecule has 7 heteroatoms. The first-order valence-corrected chi connectivity index (χ1v) is 7.96. The van der Waals surface area contributed by atoms with E-state index < -0.39 is 0 Å². The number of fused-ring (bicyclic) bond motifs is 1. The van der Waals surface area contributed by atoms with Crippen LogP contribution >= 0.6 is 0 Å². The van der Waals surface area contributed by atoms with E-state index in [1.807, 2.05) is 22.8 Å². The van der Waals surface area contributed by atoms with Crippen LogP contribution in [0.1, 0.15) is 12.6 Å². The van der Waals surface area contributed by atoms with Gasteiger partial charge in [0, 0.05) is 44.1 Å². The monoisotopic (exact) mass is 309 g/mol. The number of nitrogens with zero attached hydrogens (tertiary/aromatic N) is 7. The molecule has 0 amide bonds. The Morgan fingerprint density at radius 1 is 1.04 bits per heavy atom. The van der Waals surface area contributed by atoms with Crippen LogP contribution in [0, 0.1) is 0 Å². The van der Waals surface area contributed by atoms with Crippen molar-refractivity contribution in [2.45, 2.75) is 13.3 Å². The highest BCUT2D eigenvalue weighted by Crippen LogP contribution is 2.20. The molecule has 23 heavy (non-hydrogen) atoms. The van der Waals surface area contributed by atoms with E-state index in [0.29, 0.717) is 5.78 Å². The van der Waals surface area contributed by atoms with Gasteiger partial charge in [-0.1, -0.05) is 13.0 Å². The van der Waals surface area contributed by atoms with Crippen LogP contribution in [0.5, 0.6) is 0 Å². The van der Waals surface area contributed by atoms with Crippen LogP contribution in [0.3, 0.4) is 0 Å². The number of pyridine rings is 1. The lowest BCUT2D eigenvalue weighted by molar-refractivity contribution is 0.633. The zero-order chi connectivity index (χ0) is 15.6. The fourth-order valence-corrected chi connectivity index (χ4v) is 2.96. The molecule has 4 rings (SSSR count). The lowest BCUT2D eigenvalue weighted by Crippen LogP contribution is -2.47. The second-order valence-corrected chi connectivity index (χ2v) is 5.59. The van der Waals surface area contributed by atoms with Crippen LogP contribution in [-0.2, 0) is 6.42 Å². The van der Waals surface area contributed by atoms with Crippen molar-refractivity contribution in [2.75, 3.05) is 36.0 Å². The Hall–Kier alpha value is -2.70. The maximum absolute atomic E-state index is 4.51. The van der Waals surface area contributed by atoms with Crippen molar-refractivity contribution in [3.05, 3.63) is 42.5 Å². The summed E-state index contributed by atoms with van der Waals surface area (Å²) >= 11 is 0. The molecule has 1 aliphatic rings. The van der Waals surface area contributed by atoms with Gasteiger partial charge in [0.1, 0.15) is 18.0 Å². The molecular formula is C16H19N7. The molecule has 0 aromatic carbocycles. The van der Waals surface area contributed by atoms with Crippen molar-refractivity contribution in [3.8, 4) is 0 Å². The topological polar surface area (TPSA) is 62.5 Å². The Balaban J connectivity index is 1.58. The Labute approximate surface area is 134 Å². The van der Waals surface area contributed by atoms with Gasteiger partial charge in [-0.3, -0.25) is 0 Å². The second kappa shape index (κ2) is 5.83. The Bertz CT molecular complexity index is 791. The van der Waals surface area contributed by atoms with E-state index in [1.54, 1.807) is 6.33 Å². The average Bonchev–Trinajstić information content (AvgIpc) is 3.10. The summed E-state index contributed by atoms with van der Waals surface area (Å²) in [7, 11) is 0. The number of hydrogen-bond donors (Lipinski definition) is 0. The van der Waals surface area contributed by atoms with E-state index in [0.717, 1.165) is 49.9 Å². The molecule has 1 saturated heterocycles. The highest BCUT2D eigenvalue weighted by molar-refractivity contribution is 5.49. The molecule has 0 N–H and O–H groups in total. The maximum Gasteiger partial charge on any atom is 0.254 e. The molecule has 3 aromatic rings. The van der Waals surface area contributed by atoms with E-state index in [4.69, 9.17) is 0 Å². The van der Waals surface area contributed by atoms with E-state index in [2.05, 4.69) is 48.9 Å². The minimum Gasteiger partial charge on any atom is -0.353 e. The van der Waals surface area contributed by atoms with Crippen LogP contribution in [-0.4, -0.2) is 50.7 Å². The number of anilines is 2. The third-order valence-electron chi connectivity index (χ3n) is 4.23. The van der Waals surface area contributed by atoms with Gasteiger partial charge in [0.05, 0.1) is 0 Å². The lowest BCUT2D eigenvalue weighted by atomic mass is 10.2. The first-order chi connectivity index (χ1) is 11.3. The van der Waals surface area contributed by atoms with Crippen LogP contribution in [0.15, 0.2) is 36.8 Å². The first kappa shape index (κ1) is 13.9. The maximum atomic E-state index is 4.51. The van der Waals surface area contributed by atoms with Crippen molar-refractivity contribution in [1.29, 1.82) is 0 Å². The third kappa shape index (κ3) is 2.58. The summed E-state index contributed by atoms with van der Waals surface area (Å²) in [6.07, 6.45) is 4.30. The van der Waals surface area contributed by atoms with Crippen LogP contribution < -0.4 is 9.80 Å². The molecule has 0 aliphatic carbocycles. The number of aromatic nitrogens is 5. The smallest absolute Gasteiger partial charge is 0.254 e. The minimum atomic E-state index is 0.673. The summed E-state index contributed by atoms with van der Waals surface area (Å²) < 4.78 is 1.83. The normalized spacial score (nSPS) is 15.3. The molecule has 0 radical (unpaired) electrons. The number of rotatable bonds is 3. The number of hydrogen-bond acceptors (Lipinski definition) is 6. The average molecular weight is 309 g/mol. The van der Waals surface area contributed by atoms with Crippen molar-refractivity contribution in [1.82, 2.24) is 24.6 Å². The Morgan fingerprint density at radius 2 is 1.87 bits per heavy atom. The molecule has 1 fully saturated rings.